The van der Waals surface area contributed by atoms with Crippen molar-refractivity contribution in [2.24, 2.45) is 5.92 Å². The van der Waals surface area contributed by atoms with E-state index in [1.165, 1.54) is 38.4 Å². The Kier molecular flexibility index (Phi) is 7.34. The van der Waals surface area contributed by atoms with Crippen LogP contribution in [0.3, 0.4) is 0 Å². The second-order valence-corrected chi connectivity index (χ2v) is 11.5. The van der Waals surface area contributed by atoms with E-state index in [1.54, 1.807) is 13.8 Å². The average Bonchev–Trinajstić information content (AvgIpc) is 2.75. The van der Waals surface area contributed by atoms with Gasteiger partial charge in [-0.3, -0.25) is 0 Å². The van der Waals surface area contributed by atoms with Crippen LogP contribution in [0.15, 0.2) is 64.4 Å². The first kappa shape index (κ1) is 22.9. The monoisotopic (exact) mass is 450 g/mol. The van der Waals surface area contributed by atoms with Crippen LogP contribution < -0.4 is 0 Å². The Morgan fingerprint density at radius 2 is 1.37 bits per heavy atom. The molecule has 1 fully saturated rings. The lowest BCUT2D eigenvalue weighted by Crippen LogP contribution is -2.38. The van der Waals surface area contributed by atoms with Gasteiger partial charge in [0.05, 0.1) is 9.79 Å². The molecule has 30 heavy (non-hydrogen) atoms. The molecule has 2 aromatic carbocycles. The standard InChI is InChI=1S/C22H30N2O4S2/c1-3-23(4-2)29(25,26)21-10-12-22(13-11-21)30(27,28)24-16-14-20(15-17-24)18-19-8-6-5-7-9-19/h5-13,20H,3-4,14-18H2,1-2H3. The van der Waals surface area contributed by atoms with E-state index in [4.69, 9.17) is 0 Å². The Labute approximate surface area is 180 Å². The lowest BCUT2D eigenvalue weighted by atomic mass is 9.91. The van der Waals surface area contributed by atoms with Crippen molar-refractivity contribution in [3.8, 4) is 0 Å². The predicted octanol–water partition coefficient (Wildman–Crippen LogP) is 3.36. The van der Waals surface area contributed by atoms with Crippen LogP contribution in [0.1, 0.15) is 32.3 Å². The van der Waals surface area contributed by atoms with Gasteiger partial charge in [0.2, 0.25) is 20.0 Å². The Hall–Kier alpha value is -1.74. The van der Waals surface area contributed by atoms with Crippen LogP contribution in [0, 0.1) is 5.92 Å². The van der Waals surface area contributed by atoms with Crippen molar-refractivity contribution in [3.63, 3.8) is 0 Å². The summed E-state index contributed by atoms with van der Waals surface area (Å²) in [4.78, 5) is 0.259. The van der Waals surface area contributed by atoms with Crippen molar-refractivity contribution < 1.29 is 16.8 Å². The summed E-state index contributed by atoms with van der Waals surface area (Å²) in [6.45, 7) is 5.27. The first-order valence-corrected chi connectivity index (χ1v) is 13.3. The van der Waals surface area contributed by atoms with Crippen LogP contribution in [0.4, 0.5) is 0 Å². The molecule has 0 atom stereocenters. The highest BCUT2D eigenvalue weighted by atomic mass is 32.2. The first-order valence-electron chi connectivity index (χ1n) is 10.4. The van der Waals surface area contributed by atoms with E-state index in [2.05, 4.69) is 12.1 Å². The lowest BCUT2D eigenvalue weighted by Gasteiger charge is -2.31. The molecule has 0 aromatic heterocycles. The molecule has 8 heteroatoms. The normalized spacial score (nSPS) is 16.8. The number of hydrogen-bond acceptors (Lipinski definition) is 4. The second kappa shape index (κ2) is 9.60. The Morgan fingerprint density at radius 1 is 0.833 bits per heavy atom. The molecule has 0 amide bonds. The summed E-state index contributed by atoms with van der Waals surface area (Å²) < 4.78 is 54.1. The number of benzene rings is 2. The molecule has 0 saturated carbocycles. The molecule has 0 aliphatic carbocycles. The number of rotatable bonds is 8. The minimum Gasteiger partial charge on any atom is -0.207 e. The molecule has 0 spiro atoms. The number of nitrogens with zero attached hydrogens (tertiary/aromatic N) is 2. The van der Waals surface area contributed by atoms with Crippen molar-refractivity contribution in [2.75, 3.05) is 26.2 Å². The van der Waals surface area contributed by atoms with Gasteiger partial charge in [-0.1, -0.05) is 44.2 Å². The summed E-state index contributed by atoms with van der Waals surface area (Å²) in [6, 6.07) is 15.9. The van der Waals surface area contributed by atoms with Crippen LogP contribution in [-0.4, -0.2) is 51.6 Å². The third-order valence-corrected chi connectivity index (χ3v) is 9.72. The summed E-state index contributed by atoms with van der Waals surface area (Å²) in [6.07, 6.45) is 2.61. The van der Waals surface area contributed by atoms with E-state index in [1.807, 2.05) is 18.2 Å². The quantitative estimate of drug-likeness (QED) is 0.618. The maximum Gasteiger partial charge on any atom is 0.243 e. The van der Waals surface area contributed by atoms with E-state index in [-0.39, 0.29) is 9.79 Å². The molecule has 2 aromatic rings. The van der Waals surface area contributed by atoms with Crippen LogP contribution in [0.2, 0.25) is 0 Å². The third kappa shape index (κ3) is 4.94. The zero-order valence-corrected chi connectivity index (χ0v) is 19.2. The van der Waals surface area contributed by atoms with Crippen LogP contribution in [0.25, 0.3) is 0 Å². The van der Waals surface area contributed by atoms with Gasteiger partial charge in [0, 0.05) is 26.2 Å². The van der Waals surface area contributed by atoms with Gasteiger partial charge in [-0.05, 0) is 55.0 Å². The van der Waals surface area contributed by atoms with Crippen LogP contribution in [0.5, 0.6) is 0 Å². The molecular weight excluding hydrogens is 420 g/mol. The SMILES string of the molecule is CCN(CC)S(=O)(=O)c1ccc(S(=O)(=O)N2CCC(Cc3ccccc3)CC2)cc1. The number of piperidine rings is 1. The summed E-state index contributed by atoms with van der Waals surface area (Å²) in [7, 11) is -7.23. The molecule has 0 bridgehead atoms. The van der Waals surface area contributed by atoms with Crippen molar-refractivity contribution in [2.45, 2.75) is 42.9 Å². The second-order valence-electron chi connectivity index (χ2n) is 7.60. The fourth-order valence-corrected chi connectivity index (χ4v) is 6.87. The summed E-state index contributed by atoms with van der Waals surface area (Å²) in [5.41, 5.74) is 1.28. The minimum atomic E-state index is -3.63. The fourth-order valence-electron chi connectivity index (χ4n) is 3.95. The molecule has 6 nitrogen and oxygen atoms in total. The zero-order chi connectivity index (χ0) is 21.8. The third-order valence-electron chi connectivity index (χ3n) is 5.75. The van der Waals surface area contributed by atoms with E-state index in [0.29, 0.717) is 32.1 Å². The van der Waals surface area contributed by atoms with Crippen molar-refractivity contribution in [1.29, 1.82) is 0 Å². The van der Waals surface area contributed by atoms with Gasteiger partial charge >= 0.3 is 0 Å². The van der Waals surface area contributed by atoms with E-state index < -0.39 is 20.0 Å². The van der Waals surface area contributed by atoms with Gasteiger partial charge in [-0.2, -0.15) is 8.61 Å². The molecule has 1 heterocycles. The Morgan fingerprint density at radius 3 is 1.90 bits per heavy atom. The van der Waals surface area contributed by atoms with Gasteiger partial charge in [0.1, 0.15) is 0 Å². The molecule has 0 N–H and O–H groups in total. The fraction of sp³-hybridized carbons (Fsp3) is 0.455. The largest absolute Gasteiger partial charge is 0.243 e. The molecular formula is C22H30N2O4S2. The molecule has 1 aliphatic rings. The summed E-state index contributed by atoms with van der Waals surface area (Å²) >= 11 is 0. The van der Waals surface area contributed by atoms with Crippen molar-refractivity contribution in [3.05, 3.63) is 60.2 Å². The predicted molar refractivity (Wildman–Crippen MR) is 118 cm³/mol. The van der Waals surface area contributed by atoms with Crippen molar-refractivity contribution >= 4 is 20.0 Å². The van der Waals surface area contributed by atoms with E-state index in [9.17, 15) is 16.8 Å². The number of sulfonamides is 2. The number of hydrogen-bond donors (Lipinski definition) is 0. The molecule has 1 aliphatic heterocycles. The molecule has 164 valence electrons. The lowest BCUT2D eigenvalue weighted by molar-refractivity contribution is 0.273. The van der Waals surface area contributed by atoms with Crippen molar-refractivity contribution in [1.82, 2.24) is 8.61 Å². The zero-order valence-electron chi connectivity index (χ0n) is 17.6. The maximum absolute atomic E-state index is 13.0. The van der Waals surface area contributed by atoms with E-state index in [0.717, 1.165) is 19.3 Å². The van der Waals surface area contributed by atoms with Crippen LogP contribution in [-0.2, 0) is 26.5 Å². The molecule has 1 saturated heterocycles. The minimum absolute atomic E-state index is 0.117. The molecule has 0 unspecified atom stereocenters. The van der Waals surface area contributed by atoms with Gasteiger partial charge in [0.15, 0.2) is 0 Å². The van der Waals surface area contributed by atoms with Gasteiger partial charge in [0.25, 0.3) is 0 Å². The molecule has 0 radical (unpaired) electrons. The highest BCUT2D eigenvalue weighted by Crippen LogP contribution is 2.27. The average molecular weight is 451 g/mol. The Bertz CT molecular complexity index is 1020. The smallest absolute Gasteiger partial charge is 0.207 e. The summed E-state index contributed by atoms with van der Waals surface area (Å²) in [5, 5.41) is 0. The topological polar surface area (TPSA) is 74.8 Å². The first-order chi connectivity index (χ1) is 14.3. The maximum atomic E-state index is 13.0. The Balaban J connectivity index is 1.68. The van der Waals surface area contributed by atoms with Crippen LogP contribution >= 0.6 is 0 Å². The van der Waals surface area contributed by atoms with E-state index >= 15 is 0 Å². The van der Waals surface area contributed by atoms with Gasteiger partial charge in [-0.15, -0.1) is 0 Å². The summed E-state index contributed by atoms with van der Waals surface area (Å²) in [5.74, 6) is 0.473. The van der Waals surface area contributed by atoms with Gasteiger partial charge in [-0.25, -0.2) is 16.8 Å². The highest BCUT2D eigenvalue weighted by molar-refractivity contribution is 7.89. The highest BCUT2D eigenvalue weighted by Gasteiger charge is 2.30. The van der Waals surface area contributed by atoms with Gasteiger partial charge < -0.3 is 0 Å². The molecule has 3 rings (SSSR count).